The van der Waals surface area contributed by atoms with Crippen LogP contribution in [0.2, 0.25) is 0 Å². The highest BCUT2D eigenvalue weighted by atomic mass is 14.8. The molecular weight excluding hydrogens is 244 g/mol. The SMILES string of the molecule is CCNCC1CCC(C(C)C)CC1c1ccc(C)nc1. The first-order valence-corrected chi connectivity index (χ1v) is 8.25. The molecule has 0 aliphatic heterocycles. The second-order valence-corrected chi connectivity index (χ2v) is 6.72. The molecule has 1 N–H and O–H groups in total. The molecule has 1 aliphatic carbocycles. The highest BCUT2D eigenvalue weighted by Gasteiger charge is 2.32. The summed E-state index contributed by atoms with van der Waals surface area (Å²) in [7, 11) is 0. The van der Waals surface area contributed by atoms with Crippen molar-refractivity contribution in [3.8, 4) is 0 Å². The van der Waals surface area contributed by atoms with Crippen LogP contribution in [-0.2, 0) is 0 Å². The quantitative estimate of drug-likeness (QED) is 0.872. The summed E-state index contributed by atoms with van der Waals surface area (Å²) in [6.45, 7) is 11.2. The molecule has 1 aromatic rings. The van der Waals surface area contributed by atoms with E-state index in [2.05, 4.69) is 56.3 Å². The second kappa shape index (κ2) is 7.21. The maximum atomic E-state index is 4.52. The summed E-state index contributed by atoms with van der Waals surface area (Å²) in [6.07, 6.45) is 6.19. The Bertz CT molecular complexity index is 396. The van der Waals surface area contributed by atoms with Crippen LogP contribution in [0.15, 0.2) is 18.3 Å². The van der Waals surface area contributed by atoms with Crippen LogP contribution in [0.25, 0.3) is 0 Å². The van der Waals surface area contributed by atoms with Crippen LogP contribution in [0.3, 0.4) is 0 Å². The molecule has 1 saturated carbocycles. The molecule has 112 valence electrons. The standard InChI is InChI=1S/C18H30N2/c1-5-19-11-16-9-8-15(13(2)3)10-18(16)17-7-6-14(4)20-12-17/h6-7,12-13,15-16,18-19H,5,8-11H2,1-4H3. The van der Waals surface area contributed by atoms with Crippen LogP contribution < -0.4 is 5.32 Å². The minimum atomic E-state index is 0.684. The fourth-order valence-electron chi connectivity index (χ4n) is 3.55. The van der Waals surface area contributed by atoms with E-state index in [-0.39, 0.29) is 0 Å². The van der Waals surface area contributed by atoms with E-state index in [1.807, 2.05) is 0 Å². The van der Waals surface area contributed by atoms with Gasteiger partial charge in [-0.3, -0.25) is 4.98 Å². The zero-order chi connectivity index (χ0) is 14.5. The second-order valence-electron chi connectivity index (χ2n) is 6.72. The molecule has 1 aliphatic rings. The molecule has 0 aromatic carbocycles. The van der Waals surface area contributed by atoms with Crippen LogP contribution >= 0.6 is 0 Å². The zero-order valence-electron chi connectivity index (χ0n) is 13.5. The van der Waals surface area contributed by atoms with Crippen molar-refractivity contribution in [1.82, 2.24) is 10.3 Å². The van der Waals surface area contributed by atoms with E-state index in [9.17, 15) is 0 Å². The van der Waals surface area contributed by atoms with Crippen molar-refractivity contribution >= 4 is 0 Å². The third kappa shape index (κ3) is 3.82. The average molecular weight is 274 g/mol. The molecule has 0 spiro atoms. The van der Waals surface area contributed by atoms with E-state index >= 15 is 0 Å². The summed E-state index contributed by atoms with van der Waals surface area (Å²) >= 11 is 0. The first kappa shape index (κ1) is 15.5. The molecule has 1 heterocycles. The van der Waals surface area contributed by atoms with Crippen molar-refractivity contribution in [2.45, 2.75) is 52.9 Å². The lowest BCUT2D eigenvalue weighted by atomic mass is 9.68. The summed E-state index contributed by atoms with van der Waals surface area (Å²) in [5.41, 5.74) is 2.57. The summed E-state index contributed by atoms with van der Waals surface area (Å²) < 4.78 is 0. The van der Waals surface area contributed by atoms with Crippen LogP contribution in [0, 0.1) is 24.7 Å². The van der Waals surface area contributed by atoms with Gasteiger partial charge in [-0.15, -0.1) is 0 Å². The smallest absolute Gasteiger partial charge is 0.0372 e. The van der Waals surface area contributed by atoms with Crippen molar-refractivity contribution in [3.63, 3.8) is 0 Å². The highest BCUT2D eigenvalue weighted by Crippen LogP contribution is 2.42. The van der Waals surface area contributed by atoms with Crippen molar-refractivity contribution in [1.29, 1.82) is 0 Å². The Morgan fingerprint density at radius 1 is 1.30 bits per heavy atom. The molecule has 1 aromatic heterocycles. The van der Waals surface area contributed by atoms with Gasteiger partial charge in [-0.1, -0.05) is 26.8 Å². The van der Waals surface area contributed by atoms with Gasteiger partial charge in [-0.05, 0) is 74.6 Å². The van der Waals surface area contributed by atoms with Gasteiger partial charge in [0.05, 0.1) is 0 Å². The Morgan fingerprint density at radius 2 is 2.10 bits per heavy atom. The molecule has 2 rings (SSSR count). The maximum absolute atomic E-state index is 4.52. The molecule has 20 heavy (non-hydrogen) atoms. The van der Waals surface area contributed by atoms with E-state index in [4.69, 9.17) is 0 Å². The van der Waals surface area contributed by atoms with Gasteiger partial charge >= 0.3 is 0 Å². The molecule has 1 fully saturated rings. The van der Waals surface area contributed by atoms with Gasteiger partial charge in [0.15, 0.2) is 0 Å². The summed E-state index contributed by atoms with van der Waals surface area (Å²) in [4.78, 5) is 4.52. The Labute approximate surface area is 124 Å². The molecule has 0 radical (unpaired) electrons. The van der Waals surface area contributed by atoms with Crippen molar-refractivity contribution < 1.29 is 0 Å². The molecule has 3 atom stereocenters. The number of aryl methyl sites for hydroxylation is 1. The van der Waals surface area contributed by atoms with Crippen molar-refractivity contribution in [2.24, 2.45) is 17.8 Å². The average Bonchev–Trinajstić information content (AvgIpc) is 2.45. The normalized spacial score (nSPS) is 26.9. The summed E-state index contributed by atoms with van der Waals surface area (Å²) in [5, 5.41) is 3.55. The number of pyridine rings is 1. The van der Waals surface area contributed by atoms with Gasteiger partial charge in [-0.2, -0.15) is 0 Å². The van der Waals surface area contributed by atoms with E-state index in [0.29, 0.717) is 5.92 Å². The number of rotatable bonds is 5. The monoisotopic (exact) mass is 274 g/mol. The molecule has 2 heteroatoms. The van der Waals surface area contributed by atoms with E-state index in [1.165, 1.54) is 24.8 Å². The van der Waals surface area contributed by atoms with Crippen molar-refractivity contribution in [2.75, 3.05) is 13.1 Å². The van der Waals surface area contributed by atoms with Gasteiger partial charge in [0.2, 0.25) is 0 Å². The predicted octanol–water partition coefficient (Wildman–Crippen LogP) is 4.16. The largest absolute Gasteiger partial charge is 0.317 e. The van der Waals surface area contributed by atoms with Crippen LogP contribution in [0.5, 0.6) is 0 Å². The maximum Gasteiger partial charge on any atom is 0.0372 e. The Morgan fingerprint density at radius 3 is 2.70 bits per heavy atom. The number of hydrogen-bond donors (Lipinski definition) is 1. The highest BCUT2D eigenvalue weighted by molar-refractivity contribution is 5.20. The van der Waals surface area contributed by atoms with Crippen LogP contribution in [0.1, 0.15) is 57.2 Å². The Kier molecular flexibility index (Phi) is 5.59. The third-order valence-corrected chi connectivity index (χ3v) is 5.00. The van der Waals surface area contributed by atoms with Gasteiger partial charge in [-0.25, -0.2) is 0 Å². The summed E-state index contributed by atoms with van der Waals surface area (Å²) in [5.74, 6) is 3.13. The number of hydrogen-bond acceptors (Lipinski definition) is 2. The Balaban J connectivity index is 2.14. The Hall–Kier alpha value is -0.890. The third-order valence-electron chi connectivity index (χ3n) is 5.00. The summed E-state index contributed by atoms with van der Waals surface area (Å²) in [6, 6.07) is 4.47. The molecular formula is C18H30N2. The van der Waals surface area contributed by atoms with Gasteiger partial charge < -0.3 is 5.32 Å². The van der Waals surface area contributed by atoms with Crippen LogP contribution in [-0.4, -0.2) is 18.1 Å². The lowest BCUT2D eigenvalue weighted by Gasteiger charge is -2.38. The lowest BCUT2D eigenvalue weighted by molar-refractivity contribution is 0.191. The van der Waals surface area contributed by atoms with E-state index in [0.717, 1.165) is 36.5 Å². The van der Waals surface area contributed by atoms with E-state index in [1.54, 1.807) is 0 Å². The molecule has 0 amide bonds. The zero-order valence-corrected chi connectivity index (χ0v) is 13.5. The number of aromatic nitrogens is 1. The molecule has 0 saturated heterocycles. The minimum absolute atomic E-state index is 0.684. The topological polar surface area (TPSA) is 24.9 Å². The van der Waals surface area contributed by atoms with Crippen molar-refractivity contribution in [3.05, 3.63) is 29.6 Å². The molecule has 3 unspecified atom stereocenters. The van der Waals surface area contributed by atoms with E-state index < -0.39 is 0 Å². The molecule has 0 bridgehead atoms. The lowest BCUT2D eigenvalue weighted by Crippen LogP contribution is -2.33. The number of nitrogens with zero attached hydrogens (tertiary/aromatic N) is 1. The molecule has 2 nitrogen and oxygen atoms in total. The van der Waals surface area contributed by atoms with Gasteiger partial charge in [0.25, 0.3) is 0 Å². The van der Waals surface area contributed by atoms with Gasteiger partial charge in [0.1, 0.15) is 0 Å². The first-order valence-electron chi connectivity index (χ1n) is 8.25. The first-order chi connectivity index (χ1) is 9.61. The predicted molar refractivity (Wildman–Crippen MR) is 85.9 cm³/mol. The van der Waals surface area contributed by atoms with Crippen LogP contribution in [0.4, 0.5) is 0 Å². The van der Waals surface area contributed by atoms with Gasteiger partial charge in [0, 0.05) is 11.9 Å². The fraction of sp³-hybridized carbons (Fsp3) is 0.722. The number of nitrogens with one attached hydrogen (secondary N) is 1. The minimum Gasteiger partial charge on any atom is -0.317 e. The fourth-order valence-corrected chi connectivity index (χ4v) is 3.55.